The van der Waals surface area contributed by atoms with E-state index in [1.54, 1.807) is 0 Å². The fourth-order valence-electron chi connectivity index (χ4n) is 2.83. The monoisotopic (exact) mass is 295 g/mol. The molecular weight excluding hydrogens is 274 g/mol. The Morgan fingerprint density at radius 1 is 1.05 bits per heavy atom. The van der Waals surface area contributed by atoms with Gasteiger partial charge in [0.1, 0.15) is 0 Å². The zero-order valence-electron chi connectivity index (χ0n) is 13.0. The van der Waals surface area contributed by atoms with Gasteiger partial charge in [0, 0.05) is 27.2 Å². The molecule has 1 heterocycles. The largest absolute Gasteiger partial charge is 0.376 e. The van der Waals surface area contributed by atoms with Gasteiger partial charge in [-0.05, 0) is 29.7 Å². The van der Waals surface area contributed by atoms with E-state index >= 15 is 0 Å². The number of urea groups is 1. The lowest BCUT2D eigenvalue weighted by atomic mass is 10.0. The van der Waals surface area contributed by atoms with Crippen molar-refractivity contribution in [2.24, 2.45) is 0 Å². The molecule has 0 spiro atoms. The third-order valence-electron chi connectivity index (χ3n) is 4.05. The SMILES string of the molecule is CN(C)c1ccccc1NC(=O)N1CCc2ccccc2C1. The Kier molecular flexibility index (Phi) is 4.00. The van der Waals surface area contributed by atoms with Crippen LogP contribution in [0.5, 0.6) is 0 Å². The first-order valence-corrected chi connectivity index (χ1v) is 7.54. The zero-order valence-corrected chi connectivity index (χ0v) is 13.0. The van der Waals surface area contributed by atoms with E-state index in [4.69, 9.17) is 0 Å². The van der Waals surface area contributed by atoms with Crippen LogP contribution in [0.2, 0.25) is 0 Å². The smallest absolute Gasteiger partial charge is 0.322 e. The Morgan fingerprint density at radius 3 is 2.50 bits per heavy atom. The van der Waals surface area contributed by atoms with Gasteiger partial charge in [0.25, 0.3) is 0 Å². The second-order valence-electron chi connectivity index (χ2n) is 5.78. The summed E-state index contributed by atoms with van der Waals surface area (Å²) in [6.07, 6.45) is 0.916. The molecule has 0 bridgehead atoms. The lowest BCUT2D eigenvalue weighted by molar-refractivity contribution is 0.206. The van der Waals surface area contributed by atoms with Crippen molar-refractivity contribution in [1.29, 1.82) is 0 Å². The molecule has 1 aliphatic rings. The van der Waals surface area contributed by atoms with Crippen LogP contribution in [0.1, 0.15) is 11.1 Å². The van der Waals surface area contributed by atoms with E-state index in [1.807, 2.05) is 54.2 Å². The van der Waals surface area contributed by atoms with Crippen LogP contribution in [0.4, 0.5) is 16.2 Å². The molecule has 22 heavy (non-hydrogen) atoms. The fourth-order valence-corrected chi connectivity index (χ4v) is 2.83. The van der Waals surface area contributed by atoms with Gasteiger partial charge in [-0.25, -0.2) is 4.79 Å². The number of hydrogen-bond acceptors (Lipinski definition) is 2. The molecule has 4 heteroatoms. The number of anilines is 2. The van der Waals surface area contributed by atoms with E-state index in [1.165, 1.54) is 11.1 Å². The molecule has 0 saturated heterocycles. The van der Waals surface area contributed by atoms with Gasteiger partial charge in [-0.3, -0.25) is 0 Å². The van der Waals surface area contributed by atoms with Crippen molar-refractivity contribution in [3.05, 3.63) is 59.7 Å². The van der Waals surface area contributed by atoms with Crippen molar-refractivity contribution in [2.45, 2.75) is 13.0 Å². The van der Waals surface area contributed by atoms with E-state index in [-0.39, 0.29) is 6.03 Å². The van der Waals surface area contributed by atoms with Gasteiger partial charge in [-0.15, -0.1) is 0 Å². The minimum absolute atomic E-state index is 0.0381. The Labute approximate surface area is 131 Å². The van der Waals surface area contributed by atoms with E-state index in [0.29, 0.717) is 6.54 Å². The Hall–Kier alpha value is -2.49. The molecule has 0 aromatic heterocycles. The van der Waals surface area contributed by atoms with Crippen LogP contribution < -0.4 is 10.2 Å². The number of nitrogens with zero attached hydrogens (tertiary/aromatic N) is 2. The molecule has 0 radical (unpaired) electrons. The standard InChI is InChI=1S/C18H21N3O/c1-20(2)17-10-6-5-9-16(17)19-18(22)21-12-11-14-7-3-4-8-15(14)13-21/h3-10H,11-13H2,1-2H3,(H,19,22). The van der Waals surface area contributed by atoms with Gasteiger partial charge in [0.05, 0.1) is 11.4 Å². The molecule has 0 unspecified atom stereocenters. The van der Waals surface area contributed by atoms with Crippen LogP contribution >= 0.6 is 0 Å². The summed E-state index contributed by atoms with van der Waals surface area (Å²) in [5, 5.41) is 3.04. The molecule has 2 aromatic carbocycles. The van der Waals surface area contributed by atoms with Crippen LogP contribution in [0.15, 0.2) is 48.5 Å². The maximum Gasteiger partial charge on any atom is 0.322 e. The molecular formula is C18H21N3O. The molecule has 114 valence electrons. The maximum absolute atomic E-state index is 12.5. The molecule has 0 aliphatic carbocycles. The molecule has 0 fully saturated rings. The number of amides is 2. The highest BCUT2D eigenvalue weighted by Crippen LogP contribution is 2.25. The van der Waals surface area contributed by atoms with Crippen molar-refractivity contribution in [3.63, 3.8) is 0 Å². The van der Waals surface area contributed by atoms with Crippen LogP contribution in [0, 0.1) is 0 Å². The highest BCUT2D eigenvalue weighted by Gasteiger charge is 2.21. The van der Waals surface area contributed by atoms with Crippen molar-refractivity contribution < 1.29 is 4.79 Å². The van der Waals surface area contributed by atoms with E-state index in [0.717, 1.165) is 24.3 Å². The maximum atomic E-state index is 12.5. The summed E-state index contributed by atoms with van der Waals surface area (Å²) < 4.78 is 0. The van der Waals surface area contributed by atoms with Gasteiger partial charge >= 0.3 is 6.03 Å². The quantitative estimate of drug-likeness (QED) is 0.922. The summed E-state index contributed by atoms with van der Waals surface area (Å²) in [5.74, 6) is 0. The summed E-state index contributed by atoms with van der Waals surface area (Å²) in [7, 11) is 3.95. The van der Waals surface area contributed by atoms with Gasteiger partial charge in [-0.2, -0.15) is 0 Å². The summed E-state index contributed by atoms with van der Waals surface area (Å²) in [4.78, 5) is 16.4. The Balaban J connectivity index is 1.74. The Morgan fingerprint density at radius 2 is 1.73 bits per heavy atom. The third kappa shape index (κ3) is 2.91. The summed E-state index contributed by atoms with van der Waals surface area (Å²) in [5.41, 5.74) is 4.44. The van der Waals surface area contributed by atoms with Crippen molar-refractivity contribution in [1.82, 2.24) is 4.90 Å². The topological polar surface area (TPSA) is 35.6 Å². The first-order chi connectivity index (χ1) is 10.6. The van der Waals surface area contributed by atoms with E-state index in [2.05, 4.69) is 23.5 Å². The molecule has 1 N–H and O–H groups in total. The van der Waals surface area contributed by atoms with Crippen LogP contribution in [-0.4, -0.2) is 31.6 Å². The van der Waals surface area contributed by atoms with Crippen molar-refractivity contribution in [2.75, 3.05) is 30.9 Å². The molecule has 2 aromatic rings. The number of hydrogen-bond donors (Lipinski definition) is 1. The summed E-state index contributed by atoms with van der Waals surface area (Å²) >= 11 is 0. The van der Waals surface area contributed by atoms with Gasteiger partial charge in [0.2, 0.25) is 0 Å². The van der Waals surface area contributed by atoms with E-state index in [9.17, 15) is 4.79 Å². The molecule has 1 aliphatic heterocycles. The van der Waals surface area contributed by atoms with Gasteiger partial charge in [-0.1, -0.05) is 36.4 Å². The highest BCUT2D eigenvalue weighted by atomic mass is 16.2. The minimum Gasteiger partial charge on any atom is -0.376 e. The van der Waals surface area contributed by atoms with Crippen molar-refractivity contribution >= 4 is 17.4 Å². The number of nitrogens with one attached hydrogen (secondary N) is 1. The summed E-state index contributed by atoms with van der Waals surface area (Å²) in [6, 6.07) is 16.1. The molecule has 0 saturated carbocycles. The molecule has 2 amide bonds. The van der Waals surface area contributed by atoms with Crippen LogP contribution in [-0.2, 0) is 13.0 Å². The molecule has 3 rings (SSSR count). The highest BCUT2D eigenvalue weighted by molar-refractivity contribution is 5.93. The third-order valence-corrected chi connectivity index (χ3v) is 4.05. The first kappa shape index (κ1) is 14.4. The number of carbonyl (C=O) groups is 1. The molecule has 4 nitrogen and oxygen atoms in total. The first-order valence-electron chi connectivity index (χ1n) is 7.54. The Bertz CT molecular complexity index is 682. The van der Waals surface area contributed by atoms with Gasteiger partial charge < -0.3 is 15.1 Å². The second-order valence-corrected chi connectivity index (χ2v) is 5.78. The minimum atomic E-state index is -0.0381. The number of rotatable bonds is 2. The average molecular weight is 295 g/mol. The van der Waals surface area contributed by atoms with Crippen LogP contribution in [0.3, 0.4) is 0 Å². The zero-order chi connectivity index (χ0) is 15.5. The summed E-state index contributed by atoms with van der Waals surface area (Å²) in [6.45, 7) is 1.43. The van der Waals surface area contributed by atoms with Crippen LogP contribution in [0.25, 0.3) is 0 Å². The number of para-hydroxylation sites is 2. The normalized spacial score (nSPS) is 13.5. The van der Waals surface area contributed by atoms with Gasteiger partial charge in [0.15, 0.2) is 0 Å². The lowest BCUT2D eigenvalue weighted by Gasteiger charge is -2.29. The number of fused-ring (bicyclic) bond motifs is 1. The lowest BCUT2D eigenvalue weighted by Crippen LogP contribution is -2.39. The second kappa shape index (κ2) is 6.10. The fraction of sp³-hybridized carbons (Fsp3) is 0.278. The number of carbonyl (C=O) groups excluding carboxylic acids is 1. The average Bonchev–Trinajstić information content (AvgIpc) is 2.54. The van der Waals surface area contributed by atoms with E-state index < -0.39 is 0 Å². The van der Waals surface area contributed by atoms with Crippen molar-refractivity contribution in [3.8, 4) is 0 Å². The predicted molar refractivity (Wildman–Crippen MR) is 90.3 cm³/mol. The number of benzene rings is 2. The molecule has 0 atom stereocenters. The predicted octanol–water partition coefficient (Wildman–Crippen LogP) is 3.34.